The summed E-state index contributed by atoms with van der Waals surface area (Å²) >= 11 is 0. The maximum absolute atomic E-state index is 11.2. The van der Waals surface area contributed by atoms with Gasteiger partial charge in [0.2, 0.25) is 0 Å². The topological polar surface area (TPSA) is 148 Å². The van der Waals surface area contributed by atoms with E-state index in [0.717, 1.165) is 6.08 Å². The second-order valence-corrected chi connectivity index (χ2v) is 14.3. The molecule has 0 rings (SSSR count). The Morgan fingerprint density at radius 1 is 0.377 bits per heavy atom. The van der Waals surface area contributed by atoms with Crippen molar-refractivity contribution in [3.63, 3.8) is 0 Å². The molecule has 12 atom stereocenters. The average molecular weight is 769 g/mol. The maximum atomic E-state index is 11.2. The van der Waals surface area contributed by atoms with Crippen LogP contribution in [0.2, 0.25) is 0 Å². The van der Waals surface area contributed by atoms with Gasteiger partial charge < -0.3 is 61.9 Å². The van der Waals surface area contributed by atoms with E-state index in [1.165, 1.54) is 0 Å². The third-order valence-corrected chi connectivity index (χ3v) is 7.40. The van der Waals surface area contributed by atoms with Crippen molar-refractivity contribution < 1.29 is 66.7 Å². The van der Waals surface area contributed by atoms with Crippen LogP contribution in [0.4, 0.5) is 0 Å². The number of carbonyl (C=O) groups excluding carboxylic acids is 1. The smallest absolute Gasteiger partial charge is 0.330 e. The molecule has 0 aromatic carbocycles. The van der Waals surface area contributed by atoms with E-state index in [2.05, 4.69) is 6.58 Å². The Hall–Kier alpha value is -1.27. The number of esters is 1. The first-order chi connectivity index (χ1) is 25.0. The number of ether oxygens (including phenoxy) is 12. The highest BCUT2D eigenvalue weighted by atomic mass is 16.6. The van der Waals surface area contributed by atoms with E-state index in [0.29, 0.717) is 72.7 Å². The fourth-order valence-electron chi connectivity index (χ4n) is 4.09. The summed E-state index contributed by atoms with van der Waals surface area (Å²) in [5.41, 5.74) is 0. The van der Waals surface area contributed by atoms with Gasteiger partial charge in [-0.1, -0.05) is 6.58 Å². The van der Waals surface area contributed by atoms with Gasteiger partial charge in [-0.3, -0.25) is 0 Å². The Morgan fingerprint density at radius 2 is 0.547 bits per heavy atom. The molecule has 14 heteroatoms. The Bertz CT molecular complexity index is 879. The largest absolute Gasteiger partial charge is 0.460 e. The van der Waals surface area contributed by atoms with E-state index in [1.54, 1.807) is 6.92 Å². The molecular formula is C39H76O14. The second kappa shape index (κ2) is 31.9. The van der Waals surface area contributed by atoms with Crippen molar-refractivity contribution in [2.75, 3.05) is 79.3 Å². The van der Waals surface area contributed by atoms with E-state index in [9.17, 15) is 9.90 Å². The Kier molecular flexibility index (Phi) is 31.1. The van der Waals surface area contributed by atoms with Gasteiger partial charge >= 0.3 is 5.97 Å². The number of aliphatic hydroxyl groups excluding tert-OH is 1. The van der Waals surface area contributed by atoms with Gasteiger partial charge in [0.15, 0.2) is 0 Å². The Labute approximate surface area is 320 Å². The van der Waals surface area contributed by atoms with E-state index >= 15 is 0 Å². The van der Waals surface area contributed by atoms with Crippen LogP contribution in [0.5, 0.6) is 0 Å². The van der Waals surface area contributed by atoms with Crippen LogP contribution in [0.15, 0.2) is 12.7 Å². The third-order valence-electron chi connectivity index (χ3n) is 7.40. The zero-order valence-electron chi connectivity index (χ0n) is 35.0. The van der Waals surface area contributed by atoms with Crippen LogP contribution in [0, 0.1) is 0 Å². The van der Waals surface area contributed by atoms with Gasteiger partial charge in [0.25, 0.3) is 0 Å². The van der Waals surface area contributed by atoms with Crippen LogP contribution >= 0.6 is 0 Å². The van der Waals surface area contributed by atoms with Gasteiger partial charge in [-0.15, -0.1) is 0 Å². The third kappa shape index (κ3) is 32.7. The zero-order chi connectivity index (χ0) is 40.2. The molecule has 0 heterocycles. The Morgan fingerprint density at radius 3 is 0.717 bits per heavy atom. The number of hydrogen-bond acceptors (Lipinski definition) is 14. The first-order valence-corrected chi connectivity index (χ1v) is 19.2. The van der Waals surface area contributed by atoms with Crippen LogP contribution in [-0.4, -0.2) is 164 Å². The molecule has 316 valence electrons. The lowest BCUT2D eigenvalue weighted by Gasteiger charge is -2.23. The lowest BCUT2D eigenvalue weighted by atomic mass is 10.3. The quantitative estimate of drug-likeness (QED) is 0.0702. The van der Waals surface area contributed by atoms with Crippen molar-refractivity contribution in [3.8, 4) is 0 Å². The molecule has 1 N–H and O–H groups in total. The minimum Gasteiger partial charge on any atom is -0.460 e. The highest BCUT2D eigenvalue weighted by molar-refractivity contribution is 5.81. The SMILES string of the molecule is C=CC(=O)OCC(C)OCC(C)OCC(C)OCC(C)OCC(C)OCC(C)OCC(C)OCC(C)OCC(C)OCC(C)OCC(C)OCC(C)O. The summed E-state index contributed by atoms with van der Waals surface area (Å²) in [7, 11) is 0. The highest BCUT2D eigenvalue weighted by Crippen LogP contribution is 2.07. The second-order valence-electron chi connectivity index (χ2n) is 14.3. The molecule has 0 aliphatic rings. The summed E-state index contributed by atoms with van der Waals surface area (Å²) in [4.78, 5) is 11.2. The molecule has 0 spiro atoms. The summed E-state index contributed by atoms with van der Waals surface area (Å²) in [5.74, 6) is -0.469. The monoisotopic (exact) mass is 769 g/mol. The van der Waals surface area contributed by atoms with Gasteiger partial charge in [0.1, 0.15) is 6.61 Å². The fourth-order valence-corrected chi connectivity index (χ4v) is 4.09. The molecule has 0 saturated carbocycles. The van der Waals surface area contributed by atoms with E-state index < -0.39 is 12.1 Å². The predicted molar refractivity (Wildman–Crippen MR) is 202 cm³/mol. The van der Waals surface area contributed by atoms with Crippen molar-refractivity contribution in [1.82, 2.24) is 0 Å². The molecule has 0 bridgehead atoms. The van der Waals surface area contributed by atoms with Crippen molar-refractivity contribution in [3.05, 3.63) is 12.7 Å². The number of aliphatic hydroxyl groups is 1. The van der Waals surface area contributed by atoms with Crippen molar-refractivity contribution in [2.45, 2.75) is 156 Å². The minimum atomic E-state index is -0.492. The van der Waals surface area contributed by atoms with Crippen molar-refractivity contribution in [2.24, 2.45) is 0 Å². The molecule has 14 nitrogen and oxygen atoms in total. The summed E-state index contributed by atoms with van der Waals surface area (Å²) in [6.07, 6.45) is -0.639. The molecule has 0 fully saturated rings. The molecule has 0 aliphatic carbocycles. The molecule has 0 radical (unpaired) electrons. The number of carbonyl (C=O) groups is 1. The fraction of sp³-hybridized carbons (Fsp3) is 0.923. The van der Waals surface area contributed by atoms with Gasteiger partial charge in [-0.2, -0.15) is 0 Å². The lowest BCUT2D eigenvalue weighted by Crippen LogP contribution is -2.31. The van der Waals surface area contributed by atoms with Gasteiger partial charge in [0.05, 0.1) is 146 Å². The Balaban J connectivity index is 3.95. The summed E-state index contributed by atoms with van der Waals surface area (Å²) in [6.45, 7) is 31.2. The van der Waals surface area contributed by atoms with Gasteiger partial charge in [-0.05, 0) is 83.1 Å². The normalized spacial score (nSPS) is 18.9. The minimum absolute atomic E-state index is 0.0839. The maximum Gasteiger partial charge on any atom is 0.330 e. The number of hydrogen-bond donors (Lipinski definition) is 1. The standard InChI is InChI=1S/C39H76O14/c1-14-39(41)53-26-38(13)52-25-37(12)51-24-36(11)50-23-35(10)49-22-34(9)48-21-33(8)47-20-32(7)46-19-31(6)45-18-30(5)44-17-29(4)43-16-28(3)42-15-27(2)40/h14,27-38,40H,1,15-26H2,2-13H3. The predicted octanol–water partition coefficient (Wildman–Crippen LogP) is 4.55. The molecule has 53 heavy (non-hydrogen) atoms. The van der Waals surface area contributed by atoms with Crippen LogP contribution in [0.1, 0.15) is 83.1 Å². The van der Waals surface area contributed by atoms with Crippen LogP contribution in [-0.2, 0) is 61.6 Å². The zero-order valence-corrected chi connectivity index (χ0v) is 35.0. The molecule has 0 amide bonds. The molecule has 0 aromatic heterocycles. The van der Waals surface area contributed by atoms with Crippen LogP contribution < -0.4 is 0 Å². The van der Waals surface area contributed by atoms with Crippen molar-refractivity contribution in [1.29, 1.82) is 0 Å². The molecule has 0 aliphatic heterocycles. The number of rotatable bonds is 36. The first-order valence-electron chi connectivity index (χ1n) is 19.2. The average Bonchev–Trinajstić information content (AvgIpc) is 3.13. The van der Waals surface area contributed by atoms with E-state index in [4.69, 9.17) is 56.8 Å². The van der Waals surface area contributed by atoms with Crippen LogP contribution in [0.3, 0.4) is 0 Å². The first kappa shape index (κ1) is 51.7. The molecule has 12 unspecified atom stereocenters. The van der Waals surface area contributed by atoms with Crippen LogP contribution in [0.25, 0.3) is 0 Å². The molecule has 0 saturated heterocycles. The van der Waals surface area contributed by atoms with Gasteiger partial charge in [0, 0.05) is 6.08 Å². The van der Waals surface area contributed by atoms with E-state index in [-0.39, 0.29) is 73.8 Å². The van der Waals surface area contributed by atoms with Gasteiger partial charge in [-0.25, -0.2) is 4.79 Å². The molecule has 0 aromatic rings. The summed E-state index contributed by atoms with van der Waals surface area (Å²) in [6, 6.07) is 0. The summed E-state index contributed by atoms with van der Waals surface area (Å²) < 4.78 is 69.1. The van der Waals surface area contributed by atoms with E-state index in [1.807, 2.05) is 76.2 Å². The highest BCUT2D eigenvalue weighted by Gasteiger charge is 2.16. The van der Waals surface area contributed by atoms with Crippen molar-refractivity contribution >= 4 is 5.97 Å². The lowest BCUT2D eigenvalue weighted by molar-refractivity contribution is -0.143. The molecular weight excluding hydrogens is 692 g/mol. The summed E-state index contributed by atoms with van der Waals surface area (Å²) in [5, 5.41) is 9.31.